The number of aryl methyl sites for hydroxylation is 1. The topological polar surface area (TPSA) is 58.6 Å². The highest BCUT2D eigenvalue weighted by Crippen LogP contribution is 2.26. The summed E-state index contributed by atoms with van der Waals surface area (Å²) < 4.78 is 6.36. The van der Waals surface area contributed by atoms with Crippen molar-refractivity contribution in [3.8, 4) is 5.75 Å². The van der Waals surface area contributed by atoms with Gasteiger partial charge in [-0.3, -0.25) is 9.59 Å². The van der Waals surface area contributed by atoms with Crippen LogP contribution in [0.25, 0.3) is 0 Å². The maximum Gasteiger partial charge on any atom is 0.255 e. The van der Waals surface area contributed by atoms with Crippen LogP contribution in [-0.4, -0.2) is 37.4 Å². The van der Waals surface area contributed by atoms with Crippen LogP contribution in [0, 0.1) is 0 Å². The van der Waals surface area contributed by atoms with Gasteiger partial charge in [-0.15, -0.1) is 0 Å². The van der Waals surface area contributed by atoms with Crippen molar-refractivity contribution < 1.29 is 14.3 Å². The fourth-order valence-electron chi connectivity index (χ4n) is 2.45. The smallest absolute Gasteiger partial charge is 0.255 e. The van der Waals surface area contributed by atoms with Crippen LogP contribution in [0.1, 0.15) is 35.7 Å². The highest BCUT2D eigenvalue weighted by Gasteiger charge is 2.10. The van der Waals surface area contributed by atoms with Gasteiger partial charge in [0.15, 0.2) is 0 Å². The predicted molar refractivity (Wildman–Crippen MR) is 111 cm³/mol. The number of halogens is 1. The largest absolute Gasteiger partial charge is 0.492 e. The quantitative estimate of drug-likeness (QED) is 0.667. The van der Waals surface area contributed by atoms with Gasteiger partial charge in [0.1, 0.15) is 5.75 Å². The van der Waals surface area contributed by atoms with E-state index in [1.807, 2.05) is 31.2 Å². The standard InChI is InChI=1S/C21H25BrN2O3/c1-4-12-27-19-10-9-16(14-18(19)22)21(26)23-17-7-5-6-15(13-17)8-11-20(25)24(2)3/h5-7,9-10,13-14H,4,8,11-12H2,1-3H3,(H,23,26). The van der Waals surface area contributed by atoms with Crippen LogP contribution >= 0.6 is 15.9 Å². The average molecular weight is 433 g/mol. The van der Waals surface area contributed by atoms with E-state index in [0.29, 0.717) is 30.7 Å². The van der Waals surface area contributed by atoms with E-state index >= 15 is 0 Å². The van der Waals surface area contributed by atoms with Gasteiger partial charge < -0.3 is 15.0 Å². The number of nitrogens with one attached hydrogen (secondary N) is 1. The zero-order chi connectivity index (χ0) is 19.8. The summed E-state index contributed by atoms with van der Waals surface area (Å²) >= 11 is 3.45. The molecule has 0 aliphatic rings. The molecule has 2 aromatic carbocycles. The lowest BCUT2D eigenvalue weighted by atomic mass is 10.1. The second-order valence-corrected chi connectivity index (χ2v) is 7.29. The molecule has 6 heteroatoms. The van der Waals surface area contributed by atoms with E-state index in [0.717, 1.165) is 22.2 Å². The molecule has 2 amide bonds. The summed E-state index contributed by atoms with van der Waals surface area (Å²) in [6.45, 7) is 2.67. The van der Waals surface area contributed by atoms with Crippen molar-refractivity contribution in [1.82, 2.24) is 4.90 Å². The summed E-state index contributed by atoms with van der Waals surface area (Å²) in [5, 5.41) is 2.90. The van der Waals surface area contributed by atoms with E-state index in [2.05, 4.69) is 21.2 Å². The molecule has 0 heterocycles. The molecule has 2 aromatic rings. The lowest BCUT2D eigenvalue weighted by Gasteiger charge is -2.11. The van der Waals surface area contributed by atoms with Crippen molar-refractivity contribution in [2.24, 2.45) is 0 Å². The molecule has 0 bridgehead atoms. The fraction of sp³-hybridized carbons (Fsp3) is 0.333. The third-order valence-corrected chi connectivity index (χ3v) is 4.59. The number of hydrogen-bond donors (Lipinski definition) is 1. The Hall–Kier alpha value is -2.34. The van der Waals surface area contributed by atoms with Crippen LogP contribution in [0.2, 0.25) is 0 Å². The Labute approximate surface area is 168 Å². The van der Waals surface area contributed by atoms with Crippen LogP contribution in [0.15, 0.2) is 46.9 Å². The zero-order valence-corrected chi connectivity index (χ0v) is 17.5. The van der Waals surface area contributed by atoms with Gasteiger partial charge >= 0.3 is 0 Å². The molecule has 1 N–H and O–H groups in total. The third-order valence-electron chi connectivity index (χ3n) is 3.97. The van der Waals surface area contributed by atoms with Gasteiger partial charge in [-0.2, -0.15) is 0 Å². The summed E-state index contributed by atoms with van der Waals surface area (Å²) in [6, 6.07) is 12.8. The lowest BCUT2D eigenvalue weighted by Crippen LogP contribution is -2.21. The van der Waals surface area contributed by atoms with Gasteiger partial charge in [0.05, 0.1) is 11.1 Å². The first-order valence-electron chi connectivity index (χ1n) is 8.93. The summed E-state index contributed by atoms with van der Waals surface area (Å²) in [6.07, 6.45) is 2.00. The van der Waals surface area contributed by atoms with Crippen molar-refractivity contribution in [3.05, 3.63) is 58.1 Å². The number of rotatable bonds is 8. The zero-order valence-electron chi connectivity index (χ0n) is 15.9. The van der Waals surface area contributed by atoms with E-state index in [4.69, 9.17) is 4.74 Å². The first-order chi connectivity index (χ1) is 12.9. The Morgan fingerprint density at radius 1 is 1.15 bits per heavy atom. The monoisotopic (exact) mass is 432 g/mol. The maximum absolute atomic E-state index is 12.5. The van der Waals surface area contributed by atoms with Gasteiger partial charge in [-0.1, -0.05) is 19.1 Å². The Morgan fingerprint density at radius 3 is 2.59 bits per heavy atom. The van der Waals surface area contributed by atoms with Gasteiger partial charge in [-0.25, -0.2) is 0 Å². The Balaban J connectivity index is 2.02. The Bertz CT molecular complexity index is 806. The summed E-state index contributed by atoms with van der Waals surface area (Å²) in [7, 11) is 3.49. The molecule has 0 fully saturated rings. The Kier molecular flexibility index (Phi) is 7.85. The number of hydrogen-bond acceptors (Lipinski definition) is 3. The third kappa shape index (κ3) is 6.40. The van der Waals surface area contributed by atoms with Gasteiger partial charge in [0.2, 0.25) is 5.91 Å². The molecular formula is C21H25BrN2O3. The number of anilines is 1. The number of nitrogens with zero attached hydrogens (tertiary/aromatic N) is 1. The minimum Gasteiger partial charge on any atom is -0.492 e. The molecule has 27 heavy (non-hydrogen) atoms. The van der Waals surface area contributed by atoms with Crippen LogP contribution in [0.4, 0.5) is 5.69 Å². The average Bonchev–Trinajstić information content (AvgIpc) is 2.65. The molecule has 0 unspecified atom stereocenters. The number of carbonyl (C=O) groups is 2. The van der Waals surface area contributed by atoms with Gasteiger partial charge in [-0.05, 0) is 64.7 Å². The van der Waals surface area contributed by atoms with Crippen LogP contribution in [-0.2, 0) is 11.2 Å². The molecule has 0 aliphatic heterocycles. The number of carbonyl (C=O) groups excluding carboxylic acids is 2. The summed E-state index contributed by atoms with van der Waals surface area (Å²) in [4.78, 5) is 25.8. The Morgan fingerprint density at radius 2 is 1.93 bits per heavy atom. The SMILES string of the molecule is CCCOc1ccc(C(=O)Nc2cccc(CCC(=O)N(C)C)c2)cc1Br. The number of amides is 2. The van der Waals surface area contributed by atoms with Crippen molar-refractivity contribution in [3.63, 3.8) is 0 Å². The molecule has 0 saturated heterocycles. The fourth-order valence-corrected chi connectivity index (χ4v) is 2.95. The molecular weight excluding hydrogens is 408 g/mol. The van der Waals surface area contributed by atoms with E-state index in [1.54, 1.807) is 37.2 Å². The summed E-state index contributed by atoms with van der Waals surface area (Å²) in [5.41, 5.74) is 2.25. The second kappa shape index (κ2) is 10.1. The normalized spacial score (nSPS) is 10.4. The van der Waals surface area contributed by atoms with Gasteiger partial charge in [0, 0.05) is 31.8 Å². The molecule has 0 aliphatic carbocycles. The minimum absolute atomic E-state index is 0.0830. The van der Waals surface area contributed by atoms with E-state index in [1.165, 1.54) is 0 Å². The van der Waals surface area contributed by atoms with Gasteiger partial charge in [0.25, 0.3) is 5.91 Å². The maximum atomic E-state index is 12.5. The molecule has 0 aromatic heterocycles. The molecule has 5 nitrogen and oxygen atoms in total. The van der Waals surface area contributed by atoms with Crippen molar-refractivity contribution in [2.45, 2.75) is 26.2 Å². The molecule has 0 atom stereocenters. The molecule has 2 rings (SSSR count). The van der Waals surface area contributed by atoms with Crippen LogP contribution in [0.5, 0.6) is 5.75 Å². The van der Waals surface area contributed by atoms with Crippen LogP contribution < -0.4 is 10.1 Å². The highest BCUT2D eigenvalue weighted by molar-refractivity contribution is 9.10. The summed E-state index contributed by atoms with van der Waals surface area (Å²) in [5.74, 6) is 0.611. The van der Waals surface area contributed by atoms with Crippen molar-refractivity contribution >= 4 is 33.4 Å². The molecule has 0 spiro atoms. The molecule has 144 valence electrons. The van der Waals surface area contributed by atoms with E-state index in [9.17, 15) is 9.59 Å². The first kappa shape index (κ1) is 21.0. The van der Waals surface area contributed by atoms with E-state index < -0.39 is 0 Å². The first-order valence-corrected chi connectivity index (χ1v) is 9.72. The number of benzene rings is 2. The highest BCUT2D eigenvalue weighted by atomic mass is 79.9. The van der Waals surface area contributed by atoms with Crippen molar-refractivity contribution in [2.75, 3.05) is 26.0 Å². The van der Waals surface area contributed by atoms with Crippen LogP contribution in [0.3, 0.4) is 0 Å². The second-order valence-electron chi connectivity index (χ2n) is 6.44. The molecule has 0 radical (unpaired) electrons. The van der Waals surface area contributed by atoms with E-state index in [-0.39, 0.29) is 11.8 Å². The molecule has 0 saturated carbocycles. The lowest BCUT2D eigenvalue weighted by molar-refractivity contribution is -0.128. The predicted octanol–water partition coefficient (Wildman–Crippen LogP) is 4.51. The minimum atomic E-state index is -0.195. The number of ether oxygens (including phenoxy) is 1. The van der Waals surface area contributed by atoms with Crippen molar-refractivity contribution in [1.29, 1.82) is 0 Å².